The Kier molecular flexibility index (Phi) is 16.5. The molecule has 0 aromatic carbocycles. The first-order valence-electron chi connectivity index (χ1n) is 6.07. The first-order valence-corrected chi connectivity index (χ1v) is 7.97. The Morgan fingerprint density at radius 1 is 0.643 bits per heavy atom. The Labute approximate surface area is 96.2 Å². The van der Waals surface area contributed by atoms with Crippen LogP contribution in [0, 0.1) is 0 Å². The maximum atomic E-state index is 2.31. The van der Waals surface area contributed by atoms with Crippen molar-refractivity contribution in [2.45, 2.75) is 59.3 Å². The molecule has 0 bridgehead atoms. The van der Waals surface area contributed by atoms with E-state index in [-0.39, 0.29) is 10.1 Å². The second kappa shape index (κ2) is 13.6. The molecular formula is C12H29BeP. The van der Waals surface area contributed by atoms with Gasteiger partial charge in [0.2, 0.25) is 0 Å². The van der Waals surface area contributed by atoms with Crippen molar-refractivity contribution in [1.82, 2.24) is 0 Å². The predicted octanol–water partition coefficient (Wildman–Crippen LogP) is 3.95. The average molecular weight is 213 g/mol. The van der Waals surface area contributed by atoms with Crippen molar-refractivity contribution in [3.8, 4) is 0 Å². The Morgan fingerprint density at radius 2 is 0.929 bits per heavy atom. The van der Waals surface area contributed by atoms with E-state index in [0.717, 1.165) is 0 Å². The summed E-state index contributed by atoms with van der Waals surface area (Å²) >= 11 is 0. The number of unbranched alkanes of at least 4 members (excludes halogenated alkanes) is 3. The van der Waals surface area contributed by atoms with Crippen LogP contribution in [0.1, 0.15) is 59.3 Å². The zero-order valence-electron chi connectivity index (χ0n) is 9.81. The van der Waals surface area contributed by atoms with E-state index >= 15 is 0 Å². The van der Waals surface area contributed by atoms with E-state index in [9.17, 15) is 0 Å². The van der Waals surface area contributed by atoms with E-state index < -0.39 is 0 Å². The van der Waals surface area contributed by atoms with Crippen LogP contribution >= 0.6 is 7.92 Å². The second-order valence-corrected chi connectivity index (χ2v) is 6.59. The maximum absolute atomic E-state index is 2.31. The molecule has 0 aliphatic heterocycles. The van der Waals surface area contributed by atoms with Gasteiger partial charge in [-0.15, -0.1) is 7.92 Å². The zero-order chi connectivity index (χ0) is 9.94. The quantitative estimate of drug-likeness (QED) is 0.402. The van der Waals surface area contributed by atoms with Crippen molar-refractivity contribution in [2.75, 3.05) is 18.5 Å². The second-order valence-electron chi connectivity index (χ2n) is 3.90. The molecule has 0 N–H and O–H groups in total. The van der Waals surface area contributed by atoms with E-state index in [1.807, 2.05) is 0 Å². The molecule has 0 aliphatic carbocycles. The average Bonchev–Trinajstić information content (AvgIpc) is 2.17. The summed E-state index contributed by atoms with van der Waals surface area (Å²) in [5.74, 6) is 0. The van der Waals surface area contributed by atoms with Gasteiger partial charge in [-0.25, -0.2) is 0 Å². The third-order valence-electron chi connectivity index (χ3n) is 2.48. The van der Waals surface area contributed by atoms with Gasteiger partial charge >= 0.3 is 10.1 Å². The van der Waals surface area contributed by atoms with Gasteiger partial charge in [0.15, 0.2) is 0 Å². The van der Waals surface area contributed by atoms with Gasteiger partial charge in [0.05, 0.1) is 0 Å². The molecule has 2 heteroatoms. The van der Waals surface area contributed by atoms with Crippen LogP contribution in [0.4, 0.5) is 0 Å². The molecule has 0 spiro atoms. The standard InChI is InChI=1S/C12H27P.Be.2H/c1-4-7-10-13(11-8-5-2)12-9-6-3;;;/h4-12H2,1-3H3;;;. The molecule has 14 heavy (non-hydrogen) atoms. The van der Waals surface area contributed by atoms with E-state index in [1.165, 1.54) is 38.5 Å². The molecule has 0 radical (unpaired) electrons. The summed E-state index contributed by atoms with van der Waals surface area (Å²) in [6.07, 6.45) is 13.2. The van der Waals surface area contributed by atoms with Crippen LogP contribution in [-0.4, -0.2) is 28.6 Å². The Morgan fingerprint density at radius 3 is 1.14 bits per heavy atom. The van der Waals surface area contributed by atoms with Crippen LogP contribution < -0.4 is 0 Å². The van der Waals surface area contributed by atoms with Crippen molar-refractivity contribution in [1.29, 1.82) is 0 Å². The summed E-state index contributed by atoms with van der Waals surface area (Å²) in [6, 6.07) is 0. The van der Waals surface area contributed by atoms with Gasteiger partial charge in [0, 0.05) is 0 Å². The Bertz CT molecular complexity index is 77.3. The molecule has 0 heterocycles. The fourth-order valence-electron chi connectivity index (χ4n) is 1.48. The molecule has 0 unspecified atom stereocenters. The Hall–Kier alpha value is 0.599. The van der Waals surface area contributed by atoms with E-state index in [4.69, 9.17) is 0 Å². The van der Waals surface area contributed by atoms with Crippen molar-refractivity contribution in [3.05, 3.63) is 0 Å². The SMILES string of the molecule is CCCCP(CCCC)CCCC.[BeH2]. The number of rotatable bonds is 9. The zero-order valence-corrected chi connectivity index (χ0v) is 10.7. The van der Waals surface area contributed by atoms with Gasteiger partial charge in [0.1, 0.15) is 0 Å². The van der Waals surface area contributed by atoms with E-state index in [0.29, 0.717) is 7.92 Å². The van der Waals surface area contributed by atoms with Gasteiger partial charge in [0.25, 0.3) is 0 Å². The van der Waals surface area contributed by atoms with Crippen molar-refractivity contribution in [3.63, 3.8) is 0 Å². The minimum absolute atomic E-state index is 0. The van der Waals surface area contributed by atoms with Crippen molar-refractivity contribution >= 4 is 18.0 Å². The van der Waals surface area contributed by atoms with Crippen LogP contribution in [-0.2, 0) is 0 Å². The summed E-state index contributed by atoms with van der Waals surface area (Å²) in [7, 11) is 0.422. The number of hydrogen-bond donors (Lipinski definition) is 0. The van der Waals surface area contributed by atoms with Crippen LogP contribution in [0.2, 0.25) is 0 Å². The van der Waals surface area contributed by atoms with Crippen molar-refractivity contribution < 1.29 is 0 Å². The van der Waals surface area contributed by atoms with Gasteiger partial charge in [-0.3, -0.25) is 0 Å². The molecule has 0 nitrogen and oxygen atoms in total. The van der Waals surface area contributed by atoms with Crippen molar-refractivity contribution in [2.24, 2.45) is 0 Å². The summed E-state index contributed by atoms with van der Waals surface area (Å²) in [5.41, 5.74) is 0. The summed E-state index contributed by atoms with van der Waals surface area (Å²) in [5, 5.41) is 0. The first kappa shape index (κ1) is 17.0. The summed E-state index contributed by atoms with van der Waals surface area (Å²) in [6.45, 7) is 6.94. The minimum atomic E-state index is 0. The number of hydrogen-bond acceptors (Lipinski definition) is 0. The molecule has 0 fully saturated rings. The Balaban J connectivity index is 0. The molecule has 0 aromatic rings. The van der Waals surface area contributed by atoms with Crippen LogP contribution in [0.25, 0.3) is 0 Å². The molecule has 84 valence electrons. The third kappa shape index (κ3) is 10.7. The van der Waals surface area contributed by atoms with Crippen LogP contribution in [0.5, 0.6) is 0 Å². The molecular weight excluding hydrogens is 184 g/mol. The van der Waals surface area contributed by atoms with Gasteiger partial charge < -0.3 is 0 Å². The van der Waals surface area contributed by atoms with E-state index in [1.54, 1.807) is 18.5 Å². The van der Waals surface area contributed by atoms with Crippen LogP contribution in [0.15, 0.2) is 0 Å². The fourth-order valence-corrected chi connectivity index (χ4v) is 4.44. The van der Waals surface area contributed by atoms with Gasteiger partial charge in [-0.05, 0) is 37.7 Å². The molecule has 0 saturated carbocycles. The molecule has 0 atom stereocenters. The monoisotopic (exact) mass is 213 g/mol. The molecule has 0 amide bonds. The summed E-state index contributed by atoms with van der Waals surface area (Å²) < 4.78 is 0. The molecule has 0 aromatic heterocycles. The third-order valence-corrected chi connectivity index (χ3v) is 5.33. The first-order chi connectivity index (χ1) is 6.35. The normalized spacial score (nSPS) is 10.3. The summed E-state index contributed by atoms with van der Waals surface area (Å²) in [4.78, 5) is 0. The topological polar surface area (TPSA) is 0 Å². The molecule has 0 saturated heterocycles. The van der Waals surface area contributed by atoms with E-state index in [2.05, 4.69) is 20.8 Å². The molecule has 0 rings (SSSR count). The van der Waals surface area contributed by atoms with Gasteiger partial charge in [-0.1, -0.05) is 40.0 Å². The predicted molar refractivity (Wildman–Crippen MR) is 74.8 cm³/mol. The van der Waals surface area contributed by atoms with Gasteiger partial charge in [-0.2, -0.15) is 0 Å². The van der Waals surface area contributed by atoms with Crippen LogP contribution in [0.3, 0.4) is 0 Å². The fraction of sp³-hybridized carbons (Fsp3) is 1.00. The molecule has 0 aliphatic rings.